The van der Waals surface area contributed by atoms with Crippen molar-refractivity contribution in [2.75, 3.05) is 50.8 Å². The van der Waals surface area contributed by atoms with Crippen molar-refractivity contribution in [3.8, 4) is 34.6 Å². The van der Waals surface area contributed by atoms with E-state index >= 15 is 4.39 Å². The van der Waals surface area contributed by atoms with Crippen LogP contribution in [-0.2, 0) is 0 Å². The number of rotatable bonds is 5. The second-order valence-corrected chi connectivity index (χ2v) is 12.1. The van der Waals surface area contributed by atoms with E-state index in [4.69, 9.17) is 14.5 Å². The topological polar surface area (TPSA) is 105 Å². The van der Waals surface area contributed by atoms with Gasteiger partial charge >= 0.3 is 12.4 Å². The number of aromatic hydroxyl groups is 1. The molecule has 0 spiro atoms. The van der Waals surface area contributed by atoms with Crippen molar-refractivity contribution in [3.63, 3.8) is 0 Å². The van der Waals surface area contributed by atoms with E-state index in [-0.39, 0.29) is 68.8 Å². The molecule has 4 aliphatic heterocycles. The van der Waals surface area contributed by atoms with E-state index in [0.29, 0.717) is 32.1 Å². The average Bonchev–Trinajstić information content (AvgIpc) is 3.55. The number of alkyl halides is 3. The van der Waals surface area contributed by atoms with Crippen LogP contribution in [0.1, 0.15) is 25.7 Å². The molecule has 0 saturated carbocycles. The number of nitrogens with zero attached hydrogens (tertiary/aromatic N) is 5. The first-order chi connectivity index (χ1) is 21.7. The number of pyridine rings is 1. The van der Waals surface area contributed by atoms with Crippen molar-refractivity contribution in [1.29, 1.82) is 0 Å². The number of halogens is 4. The fourth-order valence-corrected chi connectivity index (χ4v) is 7.46. The fourth-order valence-electron chi connectivity index (χ4n) is 7.46. The first-order valence-corrected chi connectivity index (χ1v) is 15.1. The third-order valence-electron chi connectivity index (χ3n) is 9.43. The third kappa shape index (κ3) is 4.81. The summed E-state index contributed by atoms with van der Waals surface area (Å²) in [6.07, 6.45) is -0.843. The number of anilines is 1. The molecule has 4 aromatic rings. The summed E-state index contributed by atoms with van der Waals surface area (Å²) in [5.41, 5.74) is -0.689. The summed E-state index contributed by atoms with van der Waals surface area (Å²) in [7, 11) is 0. The SMILES string of the molecule is Oc1cc(-c2nc3c4c(nc(OCC56CCCN5CCC6)nc4c2F)N2CCNC[C@H]2CO3)c2c(OC(F)(F)F)cccc2c1. The van der Waals surface area contributed by atoms with Gasteiger partial charge in [-0.25, -0.2) is 9.37 Å². The van der Waals surface area contributed by atoms with Crippen LogP contribution in [0, 0.1) is 5.82 Å². The Hall–Kier alpha value is -4.17. The Morgan fingerprint density at radius 3 is 2.69 bits per heavy atom. The molecule has 0 aliphatic carbocycles. The van der Waals surface area contributed by atoms with E-state index in [1.54, 1.807) is 0 Å². The highest BCUT2D eigenvalue weighted by Crippen LogP contribution is 2.45. The molecule has 6 heterocycles. The summed E-state index contributed by atoms with van der Waals surface area (Å²) < 4.78 is 73.8. The Balaban J connectivity index is 1.32. The number of fused-ring (bicyclic) bond motifs is 4. The van der Waals surface area contributed by atoms with Gasteiger partial charge < -0.3 is 29.5 Å². The molecule has 8 rings (SSSR count). The highest BCUT2D eigenvalue weighted by molar-refractivity contribution is 6.04. The van der Waals surface area contributed by atoms with Gasteiger partial charge in [0.25, 0.3) is 0 Å². The molecule has 3 fully saturated rings. The minimum Gasteiger partial charge on any atom is -0.508 e. The van der Waals surface area contributed by atoms with E-state index in [0.717, 1.165) is 50.9 Å². The summed E-state index contributed by atoms with van der Waals surface area (Å²) in [6.45, 7) is 4.44. The number of hydrogen-bond donors (Lipinski definition) is 2. The Bertz CT molecular complexity index is 1810. The molecule has 2 aromatic carbocycles. The summed E-state index contributed by atoms with van der Waals surface area (Å²) in [5, 5.41) is 14.3. The number of benzene rings is 2. The van der Waals surface area contributed by atoms with Crippen LogP contribution in [0.15, 0.2) is 30.3 Å². The summed E-state index contributed by atoms with van der Waals surface area (Å²) in [4.78, 5) is 18.3. The maximum absolute atomic E-state index is 16.8. The monoisotopic (exact) mass is 626 g/mol. The molecule has 2 N–H and O–H groups in total. The molecule has 2 aromatic heterocycles. The minimum absolute atomic E-state index is 0.00803. The standard InChI is InChI=1S/C31H30F4N6O4/c32-24-25(20-13-19(42)12-17-4-1-5-21(22(17)20)45-31(33,34)35)37-28-23-26(24)38-29(44-16-30-6-2-9-40(30)10-3-7-30)39-27(23)41-11-8-36-14-18(41)15-43-28/h1,4-5,12-13,18,36,42H,2-3,6-11,14-16H2/t18-/m0/s1. The van der Waals surface area contributed by atoms with E-state index in [9.17, 15) is 18.3 Å². The van der Waals surface area contributed by atoms with Gasteiger partial charge in [0.05, 0.1) is 11.6 Å². The van der Waals surface area contributed by atoms with Crippen LogP contribution in [0.25, 0.3) is 32.9 Å². The van der Waals surface area contributed by atoms with Crippen molar-refractivity contribution in [2.45, 2.75) is 43.6 Å². The highest BCUT2D eigenvalue weighted by Gasteiger charge is 2.45. The third-order valence-corrected chi connectivity index (χ3v) is 9.43. The van der Waals surface area contributed by atoms with Gasteiger partial charge in [0, 0.05) is 30.6 Å². The van der Waals surface area contributed by atoms with Crippen molar-refractivity contribution in [1.82, 2.24) is 25.2 Å². The number of ether oxygens (including phenoxy) is 3. The van der Waals surface area contributed by atoms with Crippen molar-refractivity contribution in [2.24, 2.45) is 0 Å². The zero-order valence-electron chi connectivity index (χ0n) is 24.2. The molecule has 0 bridgehead atoms. The average molecular weight is 627 g/mol. The molecule has 45 heavy (non-hydrogen) atoms. The number of phenolic OH excluding ortho intramolecular Hbond substituents is 1. The van der Waals surface area contributed by atoms with Crippen LogP contribution in [0.4, 0.5) is 23.4 Å². The van der Waals surface area contributed by atoms with E-state index < -0.39 is 17.9 Å². The lowest BCUT2D eigenvalue weighted by Crippen LogP contribution is -2.53. The molecule has 3 saturated heterocycles. The Morgan fingerprint density at radius 2 is 1.89 bits per heavy atom. The van der Waals surface area contributed by atoms with Crippen LogP contribution in [0.5, 0.6) is 23.4 Å². The summed E-state index contributed by atoms with van der Waals surface area (Å²) in [6, 6.07) is 6.29. The van der Waals surface area contributed by atoms with Gasteiger partial charge in [-0.15, -0.1) is 13.2 Å². The fraction of sp³-hybridized carbons (Fsp3) is 0.452. The quantitative estimate of drug-likeness (QED) is 0.301. The Kier molecular flexibility index (Phi) is 6.57. The predicted molar refractivity (Wildman–Crippen MR) is 156 cm³/mol. The molecule has 0 unspecified atom stereocenters. The van der Waals surface area contributed by atoms with E-state index in [2.05, 4.69) is 24.9 Å². The van der Waals surface area contributed by atoms with Gasteiger partial charge in [-0.1, -0.05) is 12.1 Å². The molecule has 10 nitrogen and oxygen atoms in total. The molecule has 0 amide bonds. The number of aromatic nitrogens is 3. The first-order valence-electron chi connectivity index (χ1n) is 15.1. The van der Waals surface area contributed by atoms with Crippen LogP contribution < -0.4 is 24.4 Å². The molecule has 236 valence electrons. The predicted octanol–water partition coefficient (Wildman–Crippen LogP) is 4.77. The molecule has 0 radical (unpaired) electrons. The van der Waals surface area contributed by atoms with Crippen LogP contribution in [-0.4, -0.2) is 88.8 Å². The van der Waals surface area contributed by atoms with E-state index in [1.165, 1.54) is 18.2 Å². The number of phenols is 1. The van der Waals surface area contributed by atoms with Crippen LogP contribution in [0.3, 0.4) is 0 Å². The van der Waals surface area contributed by atoms with Crippen LogP contribution in [0.2, 0.25) is 0 Å². The zero-order valence-corrected chi connectivity index (χ0v) is 24.2. The van der Waals surface area contributed by atoms with Gasteiger partial charge in [0.1, 0.15) is 47.1 Å². The second kappa shape index (κ2) is 10.4. The zero-order chi connectivity index (χ0) is 30.9. The molecular weight excluding hydrogens is 596 g/mol. The lowest BCUT2D eigenvalue weighted by molar-refractivity contribution is -0.274. The normalized spacial score (nSPS) is 21.0. The molecular formula is C31H30F4N6O4. The lowest BCUT2D eigenvalue weighted by Gasteiger charge is -2.35. The number of hydrogen-bond acceptors (Lipinski definition) is 10. The Morgan fingerprint density at radius 1 is 1.07 bits per heavy atom. The van der Waals surface area contributed by atoms with Crippen molar-refractivity contribution in [3.05, 3.63) is 36.1 Å². The number of piperazine rings is 1. The van der Waals surface area contributed by atoms with Gasteiger partial charge in [-0.05, 0) is 62.4 Å². The lowest BCUT2D eigenvalue weighted by atomic mass is 9.95. The van der Waals surface area contributed by atoms with Gasteiger partial charge in [0.2, 0.25) is 5.88 Å². The van der Waals surface area contributed by atoms with Gasteiger partial charge in [0.15, 0.2) is 5.82 Å². The summed E-state index contributed by atoms with van der Waals surface area (Å²) >= 11 is 0. The molecule has 14 heteroatoms. The van der Waals surface area contributed by atoms with Gasteiger partial charge in [-0.2, -0.15) is 9.97 Å². The minimum atomic E-state index is -5.01. The largest absolute Gasteiger partial charge is 0.573 e. The summed E-state index contributed by atoms with van der Waals surface area (Å²) in [5.74, 6) is -1.28. The molecule has 4 aliphatic rings. The second-order valence-electron chi connectivity index (χ2n) is 12.1. The maximum atomic E-state index is 16.8. The maximum Gasteiger partial charge on any atom is 0.573 e. The Labute approximate surface area is 254 Å². The number of nitrogens with one attached hydrogen (secondary N) is 1. The van der Waals surface area contributed by atoms with Crippen molar-refractivity contribution < 1.29 is 36.9 Å². The van der Waals surface area contributed by atoms with Crippen LogP contribution >= 0.6 is 0 Å². The molecule has 1 atom stereocenters. The van der Waals surface area contributed by atoms with Gasteiger partial charge in [-0.3, -0.25) is 4.90 Å². The smallest absolute Gasteiger partial charge is 0.508 e. The van der Waals surface area contributed by atoms with Crippen molar-refractivity contribution >= 4 is 27.5 Å². The highest BCUT2D eigenvalue weighted by atomic mass is 19.4. The van der Waals surface area contributed by atoms with E-state index in [1.807, 2.05) is 4.90 Å². The first kappa shape index (κ1) is 28.3.